The van der Waals surface area contributed by atoms with Crippen molar-refractivity contribution in [3.8, 4) is 17.6 Å². The van der Waals surface area contributed by atoms with Gasteiger partial charge < -0.3 is 14.6 Å². The molecule has 2 atom stereocenters. The van der Waals surface area contributed by atoms with E-state index in [1.165, 1.54) is 25.1 Å². The second kappa shape index (κ2) is 8.65. The molecule has 0 fully saturated rings. The number of hydrogen-bond donors (Lipinski definition) is 2. The third kappa shape index (κ3) is 6.27. The fourth-order valence-electron chi connectivity index (χ4n) is 2.16. The number of nitriles is 1. The van der Waals surface area contributed by atoms with Gasteiger partial charge in [0.2, 0.25) is 0 Å². The van der Waals surface area contributed by atoms with E-state index >= 15 is 0 Å². The van der Waals surface area contributed by atoms with Crippen molar-refractivity contribution in [2.24, 2.45) is 0 Å². The van der Waals surface area contributed by atoms with Gasteiger partial charge in [-0.3, -0.25) is 5.32 Å². The molecule has 0 aliphatic rings. The van der Waals surface area contributed by atoms with Gasteiger partial charge in [0, 0.05) is 0 Å². The predicted octanol–water partition coefficient (Wildman–Crippen LogP) is 4.32. The third-order valence-corrected chi connectivity index (χ3v) is 3.84. The van der Waals surface area contributed by atoms with Crippen LogP contribution < -0.4 is 14.8 Å². The first kappa shape index (κ1) is 21.8. The van der Waals surface area contributed by atoms with Crippen molar-refractivity contribution in [2.75, 3.05) is 6.61 Å². The maximum absolute atomic E-state index is 13.1. The van der Waals surface area contributed by atoms with Crippen LogP contribution in [-0.4, -0.2) is 23.6 Å². The van der Waals surface area contributed by atoms with E-state index in [0.717, 1.165) is 24.3 Å². The van der Waals surface area contributed by atoms with Crippen LogP contribution in [0.2, 0.25) is 5.02 Å². The molecule has 0 bridgehead atoms. The van der Waals surface area contributed by atoms with Gasteiger partial charge >= 0.3 is 6.36 Å². The van der Waals surface area contributed by atoms with Gasteiger partial charge in [-0.2, -0.15) is 5.26 Å². The van der Waals surface area contributed by atoms with E-state index in [4.69, 9.17) is 16.3 Å². The Morgan fingerprint density at radius 1 is 1.21 bits per heavy atom. The minimum Gasteiger partial charge on any atom is -0.489 e. The average Bonchev–Trinajstić information content (AvgIpc) is 2.60. The number of nitrogens with one attached hydrogen (secondary N) is 1. The summed E-state index contributed by atoms with van der Waals surface area (Å²) in [4.78, 5) is 0. The quantitative estimate of drug-likeness (QED) is 0.517. The zero-order valence-electron chi connectivity index (χ0n) is 14.4. The Labute approximate surface area is 163 Å². The van der Waals surface area contributed by atoms with Gasteiger partial charge in [0.25, 0.3) is 0 Å². The highest BCUT2D eigenvalue weighted by atomic mass is 35.5. The molecule has 2 rings (SSSR count). The highest BCUT2D eigenvalue weighted by Gasteiger charge is 2.31. The predicted molar refractivity (Wildman–Crippen MR) is 92.1 cm³/mol. The van der Waals surface area contributed by atoms with Crippen molar-refractivity contribution in [1.29, 1.82) is 5.26 Å². The molecular weight excluding hydrogens is 404 g/mol. The van der Waals surface area contributed by atoms with Crippen LogP contribution >= 0.6 is 11.6 Å². The van der Waals surface area contributed by atoms with Crippen molar-refractivity contribution >= 4 is 11.6 Å². The standard InChI is InChI=1S/C18H15ClF4N2O3/c1-17(9-24,10-27-15-7-4-12(20)8-14(15)19)25-16(26)11-2-5-13(6-3-11)28-18(21,22)23/h2-8,16,25-26H,10H2,1H3. The monoisotopic (exact) mass is 418 g/mol. The van der Waals surface area contributed by atoms with Crippen molar-refractivity contribution in [3.63, 3.8) is 0 Å². The lowest BCUT2D eigenvalue weighted by molar-refractivity contribution is -0.274. The van der Waals surface area contributed by atoms with Crippen LogP contribution in [0.4, 0.5) is 17.6 Å². The summed E-state index contributed by atoms with van der Waals surface area (Å²) in [6.07, 6.45) is -6.20. The summed E-state index contributed by atoms with van der Waals surface area (Å²) in [6.45, 7) is 1.19. The first-order valence-corrected chi connectivity index (χ1v) is 8.20. The lowest BCUT2D eigenvalue weighted by Crippen LogP contribution is -2.48. The first-order chi connectivity index (χ1) is 13.0. The Hall–Kier alpha value is -2.54. The van der Waals surface area contributed by atoms with E-state index in [9.17, 15) is 27.9 Å². The van der Waals surface area contributed by atoms with Crippen molar-refractivity contribution in [1.82, 2.24) is 5.32 Å². The van der Waals surface area contributed by atoms with Crippen LogP contribution in [0, 0.1) is 17.1 Å². The average molecular weight is 419 g/mol. The topological polar surface area (TPSA) is 74.5 Å². The van der Waals surface area contributed by atoms with Gasteiger partial charge in [-0.1, -0.05) is 23.7 Å². The summed E-state index contributed by atoms with van der Waals surface area (Å²) < 4.78 is 58.8. The number of aliphatic hydroxyl groups is 1. The third-order valence-electron chi connectivity index (χ3n) is 3.54. The van der Waals surface area contributed by atoms with Gasteiger partial charge in [-0.25, -0.2) is 4.39 Å². The van der Waals surface area contributed by atoms with Crippen LogP contribution in [0.25, 0.3) is 0 Å². The molecule has 0 saturated carbocycles. The Morgan fingerprint density at radius 3 is 2.39 bits per heavy atom. The van der Waals surface area contributed by atoms with Crippen LogP contribution in [0.1, 0.15) is 18.7 Å². The largest absolute Gasteiger partial charge is 0.573 e. The molecule has 0 saturated heterocycles. The number of hydrogen-bond acceptors (Lipinski definition) is 5. The number of benzene rings is 2. The molecule has 0 aliphatic heterocycles. The zero-order valence-corrected chi connectivity index (χ0v) is 15.2. The molecule has 0 aliphatic carbocycles. The summed E-state index contributed by atoms with van der Waals surface area (Å²) in [5.74, 6) is -0.845. The molecule has 0 spiro atoms. The second-order valence-electron chi connectivity index (χ2n) is 5.97. The molecule has 2 aromatic rings. The van der Waals surface area contributed by atoms with Gasteiger partial charge in [0.15, 0.2) is 0 Å². The molecule has 0 radical (unpaired) electrons. The molecular formula is C18H15ClF4N2O3. The number of halogens is 5. The Kier molecular flexibility index (Phi) is 6.72. The highest BCUT2D eigenvalue weighted by molar-refractivity contribution is 6.32. The van der Waals surface area contributed by atoms with E-state index in [-0.39, 0.29) is 22.9 Å². The van der Waals surface area contributed by atoms with Gasteiger partial charge in [0.05, 0.1) is 11.1 Å². The van der Waals surface area contributed by atoms with Crippen molar-refractivity contribution in [3.05, 3.63) is 58.9 Å². The Balaban J connectivity index is 2.03. The fraction of sp³-hybridized carbons (Fsp3) is 0.278. The maximum atomic E-state index is 13.1. The first-order valence-electron chi connectivity index (χ1n) is 7.82. The second-order valence-corrected chi connectivity index (χ2v) is 6.38. The summed E-state index contributed by atoms with van der Waals surface area (Å²) in [7, 11) is 0. The summed E-state index contributed by atoms with van der Waals surface area (Å²) >= 11 is 5.85. The molecule has 2 N–H and O–H groups in total. The normalized spacial score (nSPS) is 14.6. The number of nitrogens with zero attached hydrogens (tertiary/aromatic N) is 1. The van der Waals surface area contributed by atoms with E-state index in [2.05, 4.69) is 10.1 Å². The lowest BCUT2D eigenvalue weighted by atomic mass is 10.0. The highest BCUT2D eigenvalue weighted by Crippen LogP contribution is 2.27. The van der Waals surface area contributed by atoms with Crippen LogP contribution in [0.15, 0.2) is 42.5 Å². The minimum atomic E-state index is -4.82. The van der Waals surface area contributed by atoms with E-state index in [1.807, 2.05) is 6.07 Å². The van der Waals surface area contributed by atoms with Gasteiger partial charge in [-0.05, 0) is 42.8 Å². The zero-order chi connectivity index (χ0) is 20.9. The maximum Gasteiger partial charge on any atom is 0.573 e. The fourth-order valence-corrected chi connectivity index (χ4v) is 2.38. The number of ether oxygens (including phenoxy) is 2. The molecule has 2 aromatic carbocycles. The lowest BCUT2D eigenvalue weighted by Gasteiger charge is -2.27. The molecule has 28 heavy (non-hydrogen) atoms. The smallest absolute Gasteiger partial charge is 0.489 e. The summed E-state index contributed by atoms with van der Waals surface area (Å²) in [5.41, 5.74) is -1.19. The minimum absolute atomic E-state index is 0.0149. The molecule has 0 aromatic heterocycles. The Bertz CT molecular complexity index is 855. The van der Waals surface area contributed by atoms with E-state index in [1.54, 1.807) is 0 Å². The van der Waals surface area contributed by atoms with Gasteiger partial charge in [-0.15, -0.1) is 13.2 Å². The van der Waals surface area contributed by atoms with E-state index in [0.29, 0.717) is 0 Å². The molecule has 5 nitrogen and oxygen atoms in total. The van der Waals surface area contributed by atoms with Crippen molar-refractivity contribution in [2.45, 2.75) is 25.1 Å². The van der Waals surface area contributed by atoms with Crippen LogP contribution in [0.3, 0.4) is 0 Å². The number of aliphatic hydroxyl groups excluding tert-OH is 1. The number of alkyl halides is 3. The van der Waals surface area contributed by atoms with Crippen molar-refractivity contribution < 1.29 is 32.1 Å². The van der Waals surface area contributed by atoms with Crippen LogP contribution in [-0.2, 0) is 0 Å². The number of rotatable bonds is 7. The summed E-state index contributed by atoms with van der Waals surface area (Å²) in [5, 5.41) is 22.3. The molecule has 0 amide bonds. The molecule has 2 unspecified atom stereocenters. The Morgan fingerprint density at radius 2 is 1.86 bits per heavy atom. The van der Waals surface area contributed by atoms with Gasteiger partial charge in [0.1, 0.15) is 35.7 Å². The van der Waals surface area contributed by atoms with Crippen LogP contribution in [0.5, 0.6) is 11.5 Å². The van der Waals surface area contributed by atoms with E-state index < -0.39 is 29.7 Å². The summed E-state index contributed by atoms with van der Waals surface area (Å²) in [6, 6.07) is 9.92. The molecule has 10 heteroatoms. The molecule has 150 valence electrons. The SMILES string of the molecule is CC(C#N)(COc1ccc(F)cc1Cl)NC(O)c1ccc(OC(F)(F)F)cc1. The molecule has 0 heterocycles.